The van der Waals surface area contributed by atoms with Gasteiger partial charge in [-0.05, 0) is 31.1 Å². The van der Waals surface area contributed by atoms with E-state index < -0.39 is 0 Å². The van der Waals surface area contributed by atoms with E-state index in [4.69, 9.17) is 11.6 Å². The summed E-state index contributed by atoms with van der Waals surface area (Å²) >= 11 is 0. The van der Waals surface area contributed by atoms with Gasteiger partial charge in [0.15, 0.2) is 0 Å². The number of rotatable bonds is 1. The van der Waals surface area contributed by atoms with E-state index in [1.807, 2.05) is 0 Å². The SMILES string of the molecule is CC(C)C1CCCN(C(N)=NN)CC1. The number of likely N-dealkylation sites (tertiary alicyclic amines) is 1. The second kappa shape index (κ2) is 5.08. The second-order valence-corrected chi connectivity index (χ2v) is 4.41. The number of hydrogen-bond donors (Lipinski definition) is 2. The van der Waals surface area contributed by atoms with Crippen molar-refractivity contribution >= 4 is 5.96 Å². The zero-order valence-electron chi connectivity index (χ0n) is 9.24. The third-order valence-corrected chi connectivity index (χ3v) is 3.17. The third kappa shape index (κ3) is 2.79. The van der Waals surface area contributed by atoms with Crippen LogP contribution in [0.1, 0.15) is 33.1 Å². The van der Waals surface area contributed by atoms with Crippen molar-refractivity contribution in [1.29, 1.82) is 0 Å². The number of nitrogens with two attached hydrogens (primary N) is 2. The van der Waals surface area contributed by atoms with E-state index >= 15 is 0 Å². The molecule has 1 fully saturated rings. The molecule has 0 bridgehead atoms. The molecule has 0 radical (unpaired) electrons. The molecule has 1 atom stereocenters. The minimum atomic E-state index is 0.481. The Labute approximate surface area is 86.3 Å². The molecule has 0 spiro atoms. The van der Waals surface area contributed by atoms with E-state index in [9.17, 15) is 0 Å². The van der Waals surface area contributed by atoms with E-state index in [-0.39, 0.29) is 0 Å². The molecular formula is C10H22N4. The highest BCUT2D eigenvalue weighted by Gasteiger charge is 2.20. The number of hydrazone groups is 1. The number of nitrogens with zero attached hydrogens (tertiary/aromatic N) is 2. The van der Waals surface area contributed by atoms with Crippen molar-refractivity contribution in [3.8, 4) is 0 Å². The molecule has 0 aliphatic carbocycles. The van der Waals surface area contributed by atoms with Crippen molar-refractivity contribution in [2.45, 2.75) is 33.1 Å². The molecule has 1 unspecified atom stereocenters. The van der Waals surface area contributed by atoms with Crippen LogP contribution in [0, 0.1) is 11.8 Å². The van der Waals surface area contributed by atoms with Crippen molar-refractivity contribution in [2.75, 3.05) is 13.1 Å². The van der Waals surface area contributed by atoms with Crippen LogP contribution in [0.3, 0.4) is 0 Å². The monoisotopic (exact) mass is 198 g/mol. The van der Waals surface area contributed by atoms with Gasteiger partial charge < -0.3 is 16.5 Å². The molecule has 4 N–H and O–H groups in total. The maximum absolute atomic E-state index is 5.69. The lowest BCUT2D eigenvalue weighted by atomic mass is 9.89. The van der Waals surface area contributed by atoms with E-state index in [0.717, 1.165) is 24.9 Å². The first kappa shape index (κ1) is 11.1. The van der Waals surface area contributed by atoms with Crippen molar-refractivity contribution in [2.24, 2.45) is 28.5 Å². The molecule has 0 saturated carbocycles. The Kier molecular flexibility index (Phi) is 4.04. The summed E-state index contributed by atoms with van der Waals surface area (Å²) in [6.07, 6.45) is 3.69. The Bertz CT molecular complexity index is 200. The van der Waals surface area contributed by atoms with Gasteiger partial charge in [0.25, 0.3) is 0 Å². The Morgan fingerprint density at radius 2 is 2.07 bits per heavy atom. The van der Waals surface area contributed by atoms with Gasteiger partial charge in [-0.15, -0.1) is 5.10 Å². The predicted molar refractivity (Wildman–Crippen MR) is 59.6 cm³/mol. The first-order valence-electron chi connectivity index (χ1n) is 5.43. The highest BCUT2D eigenvalue weighted by atomic mass is 15.3. The highest BCUT2D eigenvalue weighted by Crippen LogP contribution is 2.24. The van der Waals surface area contributed by atoms with Gasteiger partial charge in [-0.25, -0.2) is 0 Å². The van der Waals surface area contributed by atoms with E-state index in [0.29, 0.717) is 5.96 Å². The van der Waals surface area contributed by atoms with Crippen molar-refractivity contribution in [3.63, 3.8) is 0 Å². The maximum atomic E-state index is 5.69. The molecule has 0 amide bonds. The fourth-order valence-electron chi connectivity index (χ4n) is 2.10. The van der Waals surface area contributed by atoms with E-state index in [1.54, 1.807) is 0 Å². The topological polar surface area (TPSA) is 67.6 Å². The van der Waals surface area contributed by atoms with Crippen LogP contribution >= 0.6 is 0 Å². The molecule has 0 aromatic heterocycles. The fourth-order valence-corrected chi connectivity index (χ4v) is 2.10. The molecule has 0 aromatic carbocycles. The smallest absolute Gasteiger partial charge is 0.213 e. The van der Waals surface area contributed by atoms with Crippen molar-refractivity contribution < 1.29 is 0 Å². The summed E-state index contributed by atoms with van der Waals surface area (Å²) < 4.78 is 0. The van der Waals surface area contributed by atoms with Crippen LogP contribution < -0.4 is 11.6 Å². The molecule has 82 valence electrons. The molecule has 1 rings (SSSR count). The lowest BCUT2D eigenvalue weighted by molar-refractivity contribution is 0.339. The minimum Gasteiger partial charge on any atom is -0.368 e. The van der Waals surface area contributed by atoms with E-state index in [1.165, 1.54) is 19.3 Å². The zero-order valence-corrected chi connectivity index (χ0v) is 9.24. The molecule has 1 aliphatic rings. The molecule has 4 nitrogen and oxygen atoms in total. The summed E-state index contributed by atoms with van der Waals surface area (Å²) in [5.74, 6) is 7.24. The standard InChI is InChI=1S/C10H22N4/c1-8(2)9-4-3-6-14(7-5-9)10(11)13-12/h8-9H,3-7,12H2,1-2H3,(H2,11,13). The van der Waals surface area contributed by atoms with Crippen LogP contribution in [0.25, 0.3) is 0 Å². The molecule has 1 aliphatic heterocycles. The second-order valence-electron chi connectivity index (χ2n) is 4.41. The number of hydrogen-bond acceptors (Lipinski definition) is 2. The fraction of sp³-hybridized carbons (Fsp3) is 0.900. The normalized spacial score (nSPS) is 25.2. The summed E-state index contributed by atoms with van der Waals surface area (Å²) in [5.41, 5.74) is 5.69. The largest absolute Gasteiger partial charge is 0.368 e. The molecule has 1 saturated heterocycles. The van der Waals surface area contributed by atoms with Gasteiger partial charge in [0.05, 0.1) is 0 Å². The van der Waals surface area contributed by atoms with Crippen LogP contribution in [-0.2, 0) is 0 Å². The first-order chi connectivity index (χ1) is 6.65. The molecule has 14 heavy (non-hydrogen) atoms. The molecule has 4 heteroatoms. The summed E-state index contributed by atoms with van der Waals surface area (Å²) in [7, 11) is 0. The lowest BCUT2D eigenvalue weighted by Gasteiger charge is -2.21. The van der Waals surface area contributed by atoms with Gasteiger partial charge in [0.2, 0.25) is 5.96 Å². The van der Waals surface area contributed by atoms with Crippen LogP contribution in [0.4, 0.5) is 0 Å². The highest BCUT2D eigenvalue weighted by molar-refractivity contribution is 5.77. The molecule has 1 heterocycles. The molecular weight excluding hydrogens is 176 g/mol. The average Bonchev–Trinajstić information content (AvgIpc) is 2.41. The Morgan fingerprint density at radius 1 is 1.36 bits per heavy atom. The van der Waals surface area contributed by atoms with Crippen molar-refractivity contribution in [3.05, 3.63) is 0 Å². The van der Waals surface area contributed by atoms with Gasteiger partial charge in [0.1, 0.15) is 0 Å². The van der Waals surface area contributed by atoms with Gasteiger partial charge in [-0.2, -0.15) is 0 Å². The van der Waals surface area contributed by atoms with Crippen LogP contribution in [-0.4, -0.2) is 23.9 Å². The summed E-state index contributed by atoms with van der Waals surface area (Å²) in [4.78, 5) is 2.09. The van der Waals surface area contributed by atoms with Crippen LogP contribution in [0.5, 0.6) is 0 Å². The summed E-state index contributed by atoms with van der Waals surface area (Å²) in [6, 6.07) is 0. The quantitative estimate of drug-likeness (QED) is 0.285. The Morgan fingerprint density at radius 3 is 2.64 bits per heavy atom. The third-order valence-electron chi connectivity index (χ3n) is 3.17. The Balaban J connectivity index is 2.48. The minimum absolute atomic E-state index is 0.481. The molecule has 0 aromatic rings. The lowest BCUT2D eigenvalue weighted by Crippen LogP contribution is -2.38. The van der Waals surface area contributed by atoms with Gasteiger partial charge in [0, 0.05) is 13.1 Å². The van der Waals surface area contributed by atoms with Crippen LogP contribution in [0.15, 0.2) is 5.10 Å². The van der Waals surface area contributed by atoms with Gasteiger partial charge in [-0.1, -0.05) is 13.8 Å². The summed E-state index contributed by atoms with van der Waals surface area (Å²) in [5, 5.41) is 3.54. The predicted octanol–water partition coefficient (Wildman–Crippen LogP) is 0.933. The van der Waals surface area contributed by atoms with Crippen molar-refractivity contribution in [1.82, 2.24) is 4.90 Å². The maximum Gasteiger partial charge on any atom is 0.213 e. The van der Waals surface area contributed by atoms with E-state index in [2.05, 4.69) is 23.8 Å². The van der Waals surface area contributed by atoms with Gasteiger partial charge in [-0.3, -0.25) is 0 Å². The Hall–Kier alpha value is -0.930. The zero-order chi connectivity index (χ0) is 10.6. The summed E-state index contributed by atoms with van der Waals surface area (Å²) in [6.45, 7) is 6.58. The average molecular weight is 198 g/mol. The van der Waals surface area contributed by atoms with Gasteiger partial charge >= 0.3 is 0 Å². The first-order valence-corrected chi connectivity index (χ1v) is 5.43. The van der Waals surface area contributed by atoms with Crippen LogP contribution in [0.2, 0.25) is 0 Å². The number of guanidine groups is 1.